The van der Waals surface area contributed by atoms with Crippen molar-refractivity contribution in [1.82, 2.24) is 5.32 Å². The van der Waals surface area contributed by atoms with Gasteiger partial charge in [-0.3, -0.25) is 0 Å². The molecule has 0 spiro atoms. The van der Waals surface area contributed by atoms with Crippen molar-refractivity contribution >= 4 is 22.7 Å². The van der Waals surface area contributed by atoms with Crippen LogP contribution in [-0.4, -0.2) is 6.54 Å². The average molecular weight is 265 g/mol. The van der Waals surface area contributed by atoms with Gasteiger partial charge in [0.15, 0.2) is 0 Å². The van der Waals surface area contributed by atoms with E-state index in [-0.39, 0.29) is 0 Å². The highest BCUT2D eigenvalue weighted by atomic mass is 32.1. The molecule has 0 aliphatic rings. The first kappa shape index (κ1) is 12.8. The Morgan fingerprint density at radius 3 is 2.47 bits per heavy atom. The smallest absolute Gasteiger partial charge is 0.0438 e. The molecule has 2 aromatic heterocycles. The quantitative estimate of drug-likeness (QED) is 0.819. The molecule has 1 nitrogen and oxygen atoms in total. The first-order valence-corrected chi connectivity index (χ1v) is 7.82. The molecule has 3 heteroatoms. The van der Waals surface area contributed by atoms with Crippen LogP contribution in [0.5, 0.6) is 0 Å². The van der Waals surface area contributed by atoms with Crippen LogP contribution in [0.15, 0.2) is 35.0 Å². The van der Waals surface area contributed by atoms with E-state index in [1.54, 1.807) is 0 Å². The van der Waals surface area contributed by atoms with Crippen molar-refractivity contribution in [3.8, 4) is 0 Å². The fraction of sp³-hybridized carbons (Fsp3) is 0.429. The summed E-state index contributed by atoms with van der Waals surface area (Å²) in [5.41, 5.74) is 0. The predicted octanol–water partition coefficient (Wildman–Crippen LogP) is 4.34. The summed E-state index contributed by atoms with van der Waals surface area (Å²) in [7, 11) is 0. The van der Waals surface area contributed by atoms with Crippen molar-refractivity contribution in [2.24, 2.45) is 5.92 Å². The summed E-state index contributed by atoms with van der Waals surface area (Å²) < 4.78 is 0. The average Bonchev–Trinajstić information content (AvgIpc) is 2.96. The minimum absolute atomic E-state index is 0.495. The van der Waals surface area contributed by atoms with Gasteiger partial charge in [-0.15, -0.1) is 22.7 Å². The van der Waals surface area contributed by atoms with Crippen LogP contribution in [0.2, 0.25) is 0 Å². The molecular formula is C14H19NS2. The minimum Gasteiger partial charge on any atom is -0.309 e. The largest absolute Gasteiger partial charge is 0.309 e. The van der Waals surface area contributed by atoms with Crippen molar-refractivity contribution < 1.29 is 0 Å². The Balaban J connectivity index is 1.86. The van der Waals surface area contributed by atoms with E-state index in [9.17, 15) is 0 Å². The van der Waals surface area contributed by atoms with Crippen molar-refractivity contribution in [3.63, 3.8) is 0 Å². The SMILES string of the molecule is CC(C)C(NCCc1cccs1)c1cccs1. The monoisotopic (exact) mass is 265 g/mol. The maximum Gasteiger partial charge on any atom is 0.0438 e. The summed E-state index contributed by atoms with van der Waals surface area (Å²) in [6.45, 7) is 5.62. The van der Waals surface area contributed by atoms with Crippen LogP contribution in [-0.2, 0) is 6.42 Å². The molecule has 0 aromatic carbocycles. The molecule has 0 saturated carbocycles. The zero-order chi connectivity index (χ0) is 12.1. The second-order valence-corrected chi connectivity index (χ2v) is 6.53. The Labute approximate surface area is 112 Å². The summed E-state index contributed by atoms with van der Waals surface area (Å²) in [6, 6.07) is 9.19. The van der Waals surface area contributed by atoms with Crippen LogP contribution >= 0.6 is 22.7 Å². The maximum atomic E-state index is 3.68. The second kappa shape index (κ2) is 6.34. The highest BCUT2D eigenvalue weighted by Crippen LogP contribution is 2.25. The molecule has 0 saturated heterocycles. The molecule has 1 N–H and O–H groups in total. The van der Waals surface area contributed by atoms with Gasteiger partial charge in [0.25, 0.3) is 0 Å². The van der Waals surface area contributed by atoms with Crippen LogP contribution in [0.25, 0.3) is 0 Å². The molecule has 17 heavy (non-hydrogen) atoms. The minimum atomic E-state index is 0.495. The molecule has 0 aliphatic heterocycles. The summed E-state index contributed by atoms with van der Waals surface area (Å²) >= 11 is 3.69. The van der Waals surface area contributed by atoms with E-state index in [0.717, 1.165) is 13.0 Å². The first-order chi connectivity index (χ1) is 8.27. The third-order valence-corrected chi connectivity index (χ3v) is 4.72. The maximum absolute atomic E-state index is 3.68. The van der Waals surface area contributed by atoms with E-state index < -0.39 is 0 Å². The fourth-order valence-electron chi connectivity index (χ4n) is 1.94. The van der Waals surface area contributed by atoms with Crippen molar-refractivity contribution in [1.29, 1.82) is 0 Å². The standard InChI is InChI=1S/C14H19NS2/c1-11(2)14(13-6-4-10-17-13)15-8-7-12-5-3-9-16-12/h3-6,9-11,14-15H,7-8H2,1-2H3. The Kier molecular flexibility index (Phi) is 4.77. The van der Waals surface area contributed by atoms with Crippen molar-refractivity contribution in [2.75, 3.05) is 6.54 Å². The highest BCUT2D eigenvalue weighted by Gasteiger charge is 2.15. The Bertz CT molecular complexity index is 403. The van der Waals surface area contributed by atoms with Crippen LogP contribution in [0.3, 0.4) is 0 Å². The van der Waals surface area contributed by atoms with E-state index >= 15 is 0 Å². The van der Waals surface area contributed by atoms with Gasteiger partial charge < -0.3 is 5.32 Å². The molecule has 0 aliphatic carbocycles. The molecule has 2 heterocycles. The third-order valence-electron chi connectivity index (χ3n) is 2.83. The van der Waals surface area contributed by atoms with Crippen molar-refractivity contribution in [3.05, 3.63) is 44.8 Å². The van der Waals surface area contributed by atoms with Gasteiger partial charge in [0, 0.05) is 22.3 Å². The van der Waals surface area contributed by atoms with Crippen LogP contribution in [0, 0.1) is 5.92 Å². The van der Waals surface area contributed by atoms with Gasteiger partial charge in [0.05, 0.1) is 0 Å². The van der Waals surface area contributed by atoms with Crippen molar-refractivity contribution in [2.45, 2.75) is 26.3 Å². The number of thiophene rings is 2. The van der Waals surface area contributed by atoms with E-state index in [1.807, 2.05) is 22.7 Å². The van der Waals surface area contributed by atoms with Gasteiger partial charge in [0.1, 0.15) is 0 Å². The fourth-order valence-corrected chi connectivity index (χ4v) is 3.62. The molecule has 92 valence electrons. The van der Waals surface area contributed by atoms with E-state index in [4.69, 9.17) is 0 Å². The lowest BCUT2D eigenvalue weighted by Gasteiger charge is -2.21. The van der Waals surface area contributed by atoms with Gasteiger partial charge >= 0.3 is 0 Å². The normalized spacial score (nSPS) is 13.1. The third kappa shape index (κ3) is 3.66. The molecule has 1 atom stereocenters. The van der Waals surface area contributed by atoms with Gasteiger partial charge in [-0.25, -0.2) is 0 Å². The van der Waals surface area contributed by atoms with Crippen LogP contribution < -0.4 is 5.32 Å². The summed E-state index contributed by atoms with van der Waals surface area (Å²) in [5, 5.41) is 7.98. The Morgan fingerprint density at radius 2 is 1.88 bits per heavy atom. The Hall–Kier alpha value is -0.640. The van der Waals surface area contributed by atoms with Gasteiger partial charge in [-0.1, -0.05) is 26.0 Å². The Morgan fingerprint density at radius 1 is 1.12 bits per heavy atom. The number of hydrogen-bond acceptors (Lipinski definition) is 3. The number of nitrogens with one attached hydrogen (secondary N) is 1. The lowest BCUT2D eigenvalue weighted by atomic mass is 10.0. The number of rotatable bonds is 6. The summed E-state index contributed by atoms with van der Waals surface area (Å²) in [6.07, 6.45) is 1.13. The lowest BCUT2D eigenvalue weighted by molar-refractivity contribution is 0.421. The van der Waals surface area contributed by atoms with Crippen LogP contribution in [0.1, 0.15) is 29.6 Å². The predicted molar refractivity (Wildman–Crippen MR) is 77.9 cm³/mol. The zero-order valence-corrected chi connectivity index (χ0v) is 12.0. The van der Waals surface area contributed by atoms with Gasteiger partial charge in [0.2, 0.25) is 0 Å². The highest BCUT2D eigenvalue weighted by molar-refractivity contribution is 7.10. The molecule has 2 rings (SSSR count). The molecular weight excluding hydrogens is 246 g/mol. The molecule has 0 radical (unpaired) electrons. The lowest BCUT2D eigenvalue weighted by Crippen LogP contribution is -2.26. The molecule has 0 fully saturated rings. The zero-order valence-electron chi connectivity index (χ0n) is 10.3. The topological polar surface area (TPSA) is 12.0 Å². The number of hydrogen-bond donors (Lipinski definition) is 1. The van der Waals surface area contributed by atoms with E-state index in [1.165, 1.54) is 9.75 Å². The molecule has 0 amide bonds. The summed E-state index contributed by atoms with van der Waals surface area (Å²) in [5.74, 6) is 0.636. The first-order valence-electron chi connectivity index (χ1n) is 6.06. The van der Waals surface area contributed by atoms with Gasteiger partial charge in [-0.2, -0.15) is 0 Å². The molecule has 0 bridgehead atoms. The molecule has 1 unspecified atom stereocenters. The van der Waals surface area contributed by atoms with E-state index in [2.05, 4.69) is 54.2 Å². The summed E-state index contributed by atoms with van der Waals surface area (Å²) in [4.78, 5) is 2.91. The van der Waals surface area contributed by atoms with Crippen LogP contribution in [0.4, 0.5) is 0 Å². The van der Waals surface area contributed by atoms with Gasteiger partial charge in [-0.05, 0) is 35.2 Å². The molecule has 2 aromatic rings. The second-order valence-electron chi connectivity index (χ2n) is 4.52. The van der Waals surface area contributed by atoms with E-state index in [0.29, 0.717) is 12.0 Å².